The third kappa shape index (κ3) is 5.09. The van der Waals surface area contributed by atoms with Crippen molar-refractivity contribution in [3.8, 4) is 0 Å². The molecule has 1 aromatic carbocycles. The number of halogens is 2. The van der Waals surface area contributed by atoms with Crippen molar-refractivity contribution in [3.05, 3.63) is 39.9 Å². The number of hydrogen-bond acceptors (Lipinski definition) is 4. The van der Waals surface area contributed by atoms with Gasteiger partial charge in [0, 0.05) is 44.4 Å². The molecule has 1 aromatic rings. The second-order valence-corrected chi connectivity index (χ2v) is 6.41. The molecule has 0 aliphatic carbocycles. The zero-order valence-electron chi connectivity index (χ0n) is 13.2. The van der Waals surface area contributed by atoms with Gasteiger partial charge in [0.05, 0.1) is 4.92 Å². The third-order valence-corrected chi connectivity index (χ3v) is 3.73. The van der Waals surface area contributed by atoms with Crippen molar-refractivity contribution in [1.29, 1.82) is 0 Å². The van der Waals surface area contributed by atoms with Crippen molar-refractivity contribution >= 4 is 30.5 Å². The molecule has 1 saturated heterocycles. The standard InChI is InChI=1S/C15H23N3O2.2ClH/c1-15(2,3)14(17-9-7-16-8-10-17)12-5-4-6-13(11-12)18(19)20;;/h4-6,11,14,16H,7-10H2,1-3H3;2*1H/t14-;;/m0../s1. The van der Waals surface area contributed by atoms with Crippen molar-refractivity contribution in [2.45, 2.75) is 26.8 Å². The molecule has 22 heavy (non-hydrogen) atoms. The maximum atomic E-state index is 11.0. The van der Waals surface area contributed by atoms with Gasteiger partial charge in [-0.2, -0.15) is 0 Å². The highest BCUT2D eigenvalue weighted by molar-refractivity contribution is 5.85. The van der Waals surface area contributed by atoms with Crippen LogP contribution in [0.1, 0.15) is 32.4 Å². The van der Waals surface area contributed by atoms with Crippen LogP contribution in [0.25, 0.3) is 0 Å². The van der Waals surface area contributed by atoms with E-state index in [2.05, 4.69) is 31.0 Å². The van der Waals surface area contributed by atoms with Crippen molar-refractivity contribution in [2.75, 3.05) is 26.2 Å². The Kier molecular flexibility index (Phi) is 8.33. The van der Waals surface area contributed by atoms with Crippen LogP contribution in [0, 0.1) is 15.5 Å². The van der Waals surface area contributed by atoms with Gasteiger partial charge in [-0.15, -0.1) is 24.8 Å². The summed E-state index contributed by atoms with van der Waals surface area (Å²) in [5, 5.41) is 14.3. The van der Waals surface area contributed by atoms with Crippen LogP contribution in [0.2, 0.25) is 0 Å². The molecule has 0 amide bonds. The van der Waals surface area contributed by atoms with E-state index in [1.54, 1.807) is 18.2 Å². The number of hydrogen-bond donors (Lipinski definition) is 1. The third-order valence-electron chi connectivity index (χ3n) is 3.73. The van der Waals surface area contributed by atoms with Gasteiger partial charge in [-0.3, -0.25) is 15.0 Å². The van der Waals surface area contributed by atoms with E-state index in [1.807, 2.05) is 6.07 Å². The van der Waals surface area contributed by atoms with Crippen LogP contribution >= 0.6 is 24.8 Å². The molecule has 2 rings (SSSR count). The van der Waals surface area contributed by atoms with Crippen molar-refractivity contribution in [3.63, 3.8) is 0 Å². The summed E-state index contributed by atoms with van der Waals surface area (Å²) in [4.78, 5) is 13.1. The van der Waals surface area contributed by atoms with Crippen molar-refractivity contribution < 1.29 is 4.92 Å². The van der Waals surface area contributed by atoms with E-state index in [4.69, 9.17) is 0 Å². The zero-order chi connectivity index (χ0) is 14.8. The maximum absolute atomic E-state index is 11.0. The Morgan fingerprint density at radius 3 is 2.32 bits per heavy atom. The molecular formula is C15H25Cl2N3O2. The van der Waals surface area contributed by atoms with Gasteiger partial charge in [0.1, 0.15) is 0 Å². The highest BCUT2D eigenvalue weighted by Gasteiger charge is 2.33. The topological polar surface area (TPSA) is 58.4 Å². The molecule has 0 radical (unpaired) electrons. The summed E-state index contributed by atoms with van der Waals surface area (Å²) in [5.41, 5.74) is 1.24. The van der Waals surface area contributed by atoms with Gasteiger partial charge in [0.15, 0.2) is 0 Å². The summed E-state index contributed by atoms with van der Waals surface area (Å²) in [6, 6.07) is 7.27. The number of benzene rings is 1. The lowest BCUT2D eigenvalue weighted by molar-refractivity contribution is -0.385. The molecule has 0 spiro atoms. The predicted octanol–water partition coefficient (Wildman–Crippen LogP) is 3.43. The zero-order valence-corrected chi connectivity index (χ0v) is 14.9. The van der Waals surface area contributed by atoms with E-state index in [0.29, 0.717) is 0 Å². The first-order valence-corrected chi connectivity index (χ1v) is 7.09. The van der Waals surface area contributed by atoms with Crippen molar-refractivity contribution in [1.82, 2.24) is 10.2 Å². The minimum atomic E-state index is -0.318. The van der Waals surface area contributed by atoms with E-state index in [-0.39, 0.29) is 46.9 Å². The molecule has 0 unspecified atom stereocenters. The number of nitrogens with zero attached hydrogens (tertiary/aromatic N) is 2. The molecule has 0 bridgehead atoms. The Bertz CT molecular complexity index is 486. The average molecular weight is 350 g/mol. The maximum Gasteiger partial charge on any atom is 0.269 e. The molecular weight excluding hydrogens is 325 g/mol. The van der Waals surface area contributed by atoms with E-state index in [0.717, 1.165) is 31.7 Å². The predicted molar refractivity (Wildman–Crippen MR) is 94.2 cm³/mol. The van der Waals surface area contributed by atoms with Crippen LogP contribution in [-0.4, -0.2) is 36.0 Å². The summed E-state index contributed by atoms with van der Waals surface area (Å²) in [5.74, 6) is 0. The molecule has 1 aliphatic heterocycles. The Morgan fingerprint density at radius 2 is 1.82 bits per heavy atom. The van der Waals surface area contributed by atoms with Gasteiger partial charge < -0.3 is 5.32 Å². The van der Waals surface area contributed by atoms with Crippen LogP contribution in [0.3, 0.4) is 0 Å². The fourth-order valence-corrected chi connectivity index (χ4v) is 3.01. The Hall–Kier alpha value is -0.880. The average Bonchev–Trinajstić information content (AvgIpc) is 2.39. The van der Waals surface area contributed by atoms with Gasteiger partial charge in [-0.05, 0) is 11.0 Å². The molecule has 126 valence electrons. The molecule has 5 nitrogen and oxygen atoms in total. The normalized spacial score (nSPS) is 17.0. The number of nitro groups is 1. The van der Waals surface area contributed by atoms with E-state index in [9.17, 15) is 10.1 Å². The Morgan fingerprint density at radius 1 is 1.23 bits per heavy atom. The molecule has 0 aromatic heterocycles. The highest BCUT2D eigenvalue weighted by atomic mass is 35.5. The van der Waals surface area contributed by atoms with Crippen LogP contribution in [0.5, 0.6) is 0 Å². The number of rotatable bonds is 3. The number of piperazine rings is 1. The fourth-order valence-electron chi connectivity index (χ4n) is 3.01. The van der Waals surface area contributed by atoms with Crippen LogP contribution in [0.4, 0.5) is 5.69 Å². The minimum absolute atomic E-state index is 0. The van der Waals surface area contributed by atoms with Gasteiger partial charge in [0.25, 0.3) is 5.69 Å². The molecule has 0 saturated carbocycles. The van der Waals surface area contributed by atoms with Gasteiger partial charge in [-0.1, -0.05) is 32.9 Å². The van der Waals surface area contributed by atoms with Crippen LogP contribution < -0.4 is 5.32 Å². The molecule has 1 fully saturated rings. The van der Waals surface area contributed by atoms with E-state index < -0.39 is 0 Å². The Balaban J connectivity index is 0.00000220. The van der Waals surface area contributed by atoms with Crippen LogP contribution in [0.15, 0.2) is 24.3 Å². The summed E-state index contributed by atoms with van der Waals surface area (Å²) >= 11 is 0. The Labute approximate surface area is 144 Å². The highest BCUT2D eigenvalue weighted by Crippen LogP contribution is 2.38. The first-order valence-electron chi connectivity index (χ1n) is 7.09. The van der Waals surface area contributed by atoms with Crippen LogP contribution in [-0.2, 0) is 0 Å². The van der Waals surface area contributed by atoms with Gasteiger partial charge in [0.2, 0.25) is 0 Å². The molecule has 1 aliphatic rings. The molecule has 1 heterocycles. The fraction of sp³-hybridized carbons (Fsp3) is 0.600. The summed E-state index contributed by atoms with van der Waals surface area (Å²) in [6.45, 7) is 10.5. The lowest BCUT2D eigenvalue weighted by Gasteiger charge is -2.42. The summed E-state index contributed by atoms with van der Waals surface area (Å²) < 4.78 is 0. The monoisotopic (exact) mass is 349 g/mol. The van der Waals surface area contributed by atoms with Gasteiger partial charge in [-0.25, -0.2) is 0 Å². The SMILES string of the molecule is CC(C)(C)[C@H](c1cccc([N+](=O)[O-])c1)N1CCNCC1.Cl.Cl. The lowest BCUT2D eigenvalue weighted by atomic mass is 9.81. The lowest BCUT2D eigenvalue weighted by Crippen LogP contribution is -2.48. The number of nitro benzene ring substituents is 1. The molecule has 7 heteroatoms. The number of nitrogens with one attached hydrogen (secondary N) is 1. The first kappa shape index (κ1) is 21.1. The first-order chi connectivity index (χ1) is 9.39. The van der Waals surface area contributed by atoms with E-state index in [1.165, 1.54) is 0 Å². The second kappa shape index (κ2) is 8.67. The minimum Gasteiger partial charge on any atom is -0.314 e. The van der Waals surface area contributed by atoms with Crippen molar-refractivity contribution in [2.24, 2.45) is 5.41 Å². The molecule has 1 atom stereocenters. The van der Waals surface area contributed by atoms with Gasteiger partial charge >= 0.3 is 0 Å². The smallest absolute Gasteiger partial charge is 0.269 e. The largest absolute Gasteiger partial charge is 0.314 e. The molecule has 1 N–H and O–H groups in total. The van der Waals surface area contributed by atoms with E-state index >= 15 is 0 Å². The summed E-state index contributed by atoms with van der Waals surface area (Å²) in [7, 11) is 0. The number of non-ortho nitro benzene ring substituents is 1. The second-order valence-electron chi connectivity index (χ2n) is 6.41. The quantitative estimate of drug-likeness (QED) is 0.670. The summed E-state index contributed by atoms with van der Waals surface area (Å²) in [6.07, 6.45) is 0.